The summed E-state index contributed by atoms with van der Waals surface area (Å²) >= 11 is 4.84. The third kappa shape index (κ3) is 4.31. The fourth-order valence-corrected chi connectivity index (χ4v) is 3.75. The van der Waals surface area contributed by atoms with E-state index >= 15 is 0 Å². The summed E-state index contributed by atoms with van der Waals surface area (Å²) in [7, 11) is 0. The number of hydrogen-bond donors (Lipinski definition) is 1. The average molecular weight is 431 g/mol. The normalized spacial score (nSPS) is 18.4. The molecule has 1 N–H and O–H groups in total. The molecule has 1 atom stereocenters. The number of halogens is 1. The van der Waals surface area contributed by atoms with Crippen LogP contribution in [0.15, 0.2) is 16.2 Å². The van der Waals surface area contributed by atoms with Crippen LogP contribution in [0.3, 0.4) is 0 Å². The minimum absolute atomic E-state index is 0.124. The molecule has 1 fully saturated rings. The van der Waals surface area contributed by atoms with Gasteiger partial charge in [-0.1, -0.05) is 11.3 Å². The molecule has 0 unspecified atom stereocenters. The van der Waals surface area contributed by atoms with Crippen molar-refractivity contribution >= 4 is 50.0 Å². The van der Waals surface area contributed by atoms with E-state index in [1.54, 1.807) is 27.0 Å². The monoisotopic (exact) mass is 430 g/mol. The maximum atomic E-state index is 12.6. The highest BCUT2D eigenvalue weighted by Crippen LogP contribution is 2.24. The number of carbonyl (C=O) groups excluding carboxylic acids is 2. The maximum Gasteiger partial charge on any atom is 0.411 e. The summed E-state index contributed by atoms with van der Waals surface area (Å²) < 4.78 is 13.5. The first-order valence-electron chi connectivity index (χ1n) is 7.75. The van der Waals surface area contributed by atoms with Gasteiger partial charge in [0.25, 0.3) is 5.91 Å². The van der Waals surface area contributed by atoms with Crippen molar-refractivity contribution in [2.24, 2.45) is 0 Å². The van der Waals surface area contributed by atoms with E-state index in [2.05, 4.69) is 26.2 Å². The third-order valence-electron chi connectivity index (χ3n) is 3.44. The molecule has 25 heavy (non-hydrogen) atoms. The predicted molar refractivity (Wildman–Crippen MR) is 96.9 cm³/mol. The Morgan fingerprint density at radius 1 is 1.44 bits per heavy atom. The predicted octanol–water partition coefficient (Wildman–Crippen LogP) is 2.73. The van der Waals surface area contributed by atoms with Crippen LogP contribution in [0.2, 0.25) is 0 Å². The number of carbonyl (C=O) groups is 2. The van der Waals surface area contributed by atoms with Crippen molar-refractivity contribution in [3.63, 3.8) is 0 Å². The van der Waals surface area contributed by atoms with E-state index in [1.165, 1.54) is 16.2 Å². The summed E-state index contributed by atoms with van der Waals surface area (Å²) in [5.74, 6) is 0.0776. The van der Waals surface area contributed by atoms with Crippen molar-refractivity contribution in [2.45, 2.75) is 32.4 Å². The highest BCUT2D eigenvalue weighted by atomic mass is 79.9. The fourth-order valence-electron chi connectivity index (χ4n) is 2.40. The maximum absolute atomic E-state index is 12.6. The molecule has 0 aromatic carbocycles. The molecule has 0 saturated carbocycles. The van der Waals surface area contributed by atoms with Gasteiger partial charge in [-0.3, -0.25) is 14.1 Å². The van der Waals surface area contributed by atoms with E-state index < -0.39 is 17.7 Å². The zero-order valence-corrected chi connectivity index (χ0v) is 16.5. The Labute approximate surface area is 157 Å². The second-order valence-electron chi connectivity index (χ2n) is 6.60. The number of nitrogens with one attached hydrogen (secondary N) is 1. The molecule has 0 radical (unpaired) electrons. The van der Waals surface area contributed by atoms with Crippen LogP contribution in [-0.2, 0) is 14.3 Å². The lowest BCUT2D eigenvalue weighted by molar-refractivity contribution is -0.127. The van der Waals surface area contributed by atoms with Gasteiger partial charge < -0.3 is 14.8 Å². The van der Waals surface area contributed by atoms with Crippen LogP contribution >= 0.6 is 27.3 Å². The zero-order chi connectivity index (χ0) is 18.2. The van der Waals surface area contributed by atoms with E-state index in [-0.39, 0.29) is 12.5 Å². The van der Waals surface area contributed by atoms with Gasteiger partial charge in [0.1, 0.15) is 11.6 Å². The number of nitrogens with zero attached hydrogens (tertiary/aromatic N) is 3. The highest BCUT2D eigenvalue weighted by molar-refractivity contribution is 9.11. The second kappa shape index (κ2) is 6.93. The number of morpholine rings is 1. The largest absolute Gasteiger partial charge is 0.444 e. The fraction of sp³-hybridized carbons (Fsp3) is 0.533. The highest BCUT2D eigenvalue weighted by Gasteiger charge is 2.35. The number of ether oxygens (including phenoxy) is 2. The smallest absolute Gasteiger partial charge is 0.411 e. The summed E-state index contributed by atoms with van der Waals surface area (Å²) in [5, 5.41) is 2.75. The molecule has 136 valence electrons. The zero-order valence-electron chi connectivity index (χ0n) is 14.1. The molecule has 2 aromatic heterocycles. The Bertz CT molecular complexity index is 766. The molecule has 2 aromatic rings. The van der Waals surface area contributed by atoms with E-state index in [1.807, 2.05) is 10.6 Å². The first-order chi connectivity index (χ1) is 11.7. The number of hydrogen-bond acceptors (Lipinski definition) is 6. The van der Waals surface area contributed by atoms with Crippen LogP contribution in [0, 0.1) is 0 Å². The molecule has 0 aliphatic carbocycles. The van der Waals surface area contributed by atoms with Gasteiger partial charge >= 0.3 is 6.09 Å². The number of aromatic nitrogens is 2. The van der Waals surface area contributed by atoms with E-state index in [0.29, 0.717) is 19.0 Å². The molecule has 1 saturated heterocycles. The minimum atomic E-state index is -0.755. The first kappa shape index (κ1) is 18.2. The number of thiazole rings is 1. The Balaban J connectivity index is 1.71. The minimum Gasteiger partial charge on any atom is -0.444 e. The quantitative estimate of drug-likeness (QED) is 0.791. The molecule has 8 nitrogen and oxygen atoms in total. The van der Waals surface area contributed by atoms with Crippen molar-refractivity contribution in [1.29, 1.82) is 0 Å². The van der Waals surface area contributed by atoms with E-state index in [9.17, 15) is 9.59 Å². The van der Waals surface area contributed by atoms with Gasteiger partial charge in [0.15, 0.2) is 10.8 Å². The molecular weight excluding hydrogens is 412 g/mol. The Morgan fingerprint density at radius 3 is 2.88 bits per heavy atom. The summed E-state index contributed by atoms with van der Waals surface area (Å²) in [4.78, 5) is 31.5. The van der Waals surface area contributed by atoms with Crippen LogP contribution < -0.4 is 5.32 Å². The molecule has 1 aliphatic heterocycles. The van der Waals surface area contributed by atoms with Crippen molar-refractivity contribution < 1.29 is 19.1 Å². The van der Waals surface area contributed by atoms with Crippen LogP contribution in [0.5, 0.6) is 0 Å². The van der Waals surface area contributed by atoms with E-state index in [4.69, 9.17) is 9.47 Å². The Hall–Kier alpha value is -1.65. The van der Waals surface area contributed by atoms with Gasteiger partial charge in [0.2, 0.25) is 0 Å². The average Bonchev–Trinajstić information content (AvgIpc) is 3.02. The molecule has 2 amide bonds. The standard InChI is InChI=1S/C15H19BrN4O4S/c1-15(2,3)24-14(22)20-4-5-23-8-9(20)12(21)17-11-7-19-6-10(16)25-13(19)18-11/h6-7,9H,4-5,8H2,1-3H3,(H,17,21)/t9-/m0/s1. The summed E-state index contributed by atoms with van der Waals surface area (Å²) in [6.45, 7) is 6.16. The number of amides is 2. The van der Waals surface area contributed by atoms with Gasteiger partial charge in [-0.2, -0.15) is 0 Å². The Morgan fingerprint density at radius 2 is 2.20 bits per heavy atom. The first-order valence-corrected chi connectivity index (χ1v) is 9.36. The molecule has 3 heterocycles. The van der Waals surface area contributed by atoms with Crippen LogP contribution in [0.1, 0.15) is 20.8 Å². The number of imidazole rings is 1. The lowest BCUT2D eigenvalue weighted by Crippen LogP contribution is -2.55. The van der Waals surface area contributed by atoms with Gasteiger partial charge in [0.05, 0.1) is 23.2 Å². The summed E-state index contributed by atoms with van der Waals surface area (Å²) in [6.07, 6.45) is 3.06. The van der Waals surface area contributed by atoms with Gasteiger partial charge in [-0.05, 0) is 36.7 Å². The van der Waals surface area contributed by atoms with Crippen molar-refractivity contribution in [2.75, 3.05) is 25.1 Å². The molecule has 3 rings (SSSR count). The van der Waals surface area contributed by atoms with Crippen LogP contribution in [-0.4, -0.2) is 57.7 Å². The summed E-state index contributed by atoms with van der Waals surface area (Å²) in [5.41, 5.74) is -0.627. The lowest BCUT2D eigenvalue weighted by atomic mass is 10.2. The van der Waals surface area contributed by atoms with Crippen molar-refractivity contribution in [3.05, 3.63) is 16.2 Å². The molecule has 10 heteroatoms. The molecule has 0 spiro atoms. The third-order valence-corrected chi connectivity index (χ3v) is 4.91. The van der Waals surface area contributed by atoms with Crippen LogP contribution in [0.4, 0.5) is 10.6 Å². The Kier molecular flexibility index (Phi) is 5.03. The van der Waals surface area contributed by atoms with Crippen LogP contribution in [0.25, 0.3) is 4.96 Å². The van der Waals surface area contributed by atoms with Crippen molar-refractivity contribution in [3.8, 4) is 0 Å². The lowest BCUT2D eigenvalue weighted by Gasteiger charge is -2.35. The number of rotatable bonds is 2. The molecule has 0 bridgehead atoms. The van der Waals surface area contributed by atoms with Gasteiger partial charge in [-0.15, -0.1) is 0 Å². The second-order valence-corrected chi connectivity index (χ2v) is 8.99. The van der Waals surface area contributed by atoms with Gasteiger partial charge in [-0.25, -0.2) is 9.78 Å². The van der Waals surface area contributed by atoms with E-state index in [0.717, 1.165) is 8.75 Å². The molecule has 1 aliphatic rings. The SMILES string of the molecule is CC(C)(C)OC(=O)N1CCOC[C@H]1C(=O)Nc1cn2cc(Br)sc2n1. The summed E-state index contributed by atoms with van der Waals surface area (Å²) in [6, 6.07) is -0.755. The topological polar surface area (TPSA) is 85.2 Å². The molecular formula is C15H19BrN4O4S. The number of anilines is 1. The van der Waals surface area contributed by atoms with Gasteiger partial charge in [0, 0.05) is 12.7 Å². The van der Waals surface area contributed by atoms with Crippen molar-refractivity contribution in [1.82, 2.24) is 14.3 Å². The number of fused-ring (bicyclic) bond motifs is 1.